The Bertz CT molecular complexity index is 234. The van der Waals surface area contributed by atoms with Gasteiger partial charge in [-0.2, -0.15) is 0 Å². The maximum Gasteiger partial charge on any atom is 0.507 e. The first-order valence-electron chi connectivity index (χ1n) is 6.46. The smallest absolute Gasteiger partial charge is 0.438 e. The summed E-state index contributed by atoms with van der Waals surface area (Å²) in [6.45, 7) is 13.9. The van der Waals surface area contributed by atoms with Gasteiger partial charge in [0.05, 0.1) is 20.9 Å². The molecule has 0 aromatic heterocycles. The molecule has 0 N–H and O–H groups in total. The SMILES string of the molecule is CCOC(=O)OC[Si](C)(C)CCC[Si](C)(C)C. The van der Waals surface area contributed by atoms with Crippen molar-refractivity contribution in [3.8, 4) is 0 Å². The number of hydrogen-bond acceptors (Lipinski definition) is 3. The highest BCUT2D eigenvalue weighted by Crippen LogP contribution is 2.19. The van der Waals surface area contributed by atoms with Crippen molar-refractivity contribution in [3.63, 3.8) is 0 Å². The summed E-state index contributed by atoms with van der Waals surface area (Å²) >= 11 is 0. The fraction of sp³-hybridized carbons (Fsp3) is 0.917. The molecule has 0 saturated heterocycles. The maximum atomic E-state index is 11.1. The van der Waals surface area contributed by atoms with Crippen LogP contribution in [0.5, 0.6) is 0 Å². The van der Waals surface area contributed by atoms with E-state index in [0.29, 0.717) is 12.8 Å². The number of hydrogen-bond donors (Lipinski definition) is 0. The second kappa shape index (κ2) is 7.21. The summed E-state index contributed by atoms with van der Waals surface area (Å²) in [5.74, 6) is 0. The Morgan fingerprint density at radius 3 is 2.06 bits per heavy atom. The molecule has 0 aliphatic rings. The van der Waals surface area contributed by atoms with Gasteiger partial charge in [-0.3, -0.25) is 0 Å². The van der Waals surface area contributed by atoms with Gasteiger partial charge in [0, 0.05) is 8.07 Å². The molecule has 3 nitrogen and oxygen atoms in total. The van der Waals surface area contributed by atoms with E-state index < -0.39 is 22.3 Å². The van der Waals surface area contributed by atoms with Crippen molar-refractivity contribution in [3.05, 3.63) is 0 Å². The van der Waals surface area contributed by atoms with Crippen molar-refractivity contribution in [1.29, 1.82) is 0 Å². The van der Waals surface area contributed by atoms with Gasteiger partial charge in [-0.25, -0.2) is 4.79 Å². The second-order valence-corrected chi connectivity index (χ2v) is 17.3. The van der Waals surface area contributed by atoms with E-state index in [1.807, 2.05) is 0 Å². The monoisotopic (exact) mass is 276 g/mol. The fourth-order valence-corrected chi connectivity index (χ4v) is 4.96. The van der Waals surface area contributed by atoms with Gasteiger partial charge in [-0.1, -0.05) is 51.2 Å². The van der Waals surface area contributed by atoms with Crippen LogP contribution in [-0.4, -0.2) is 35.1 Å². The Labute approximate surface area is 108 Å². The van der Waals surface area contributed by atoms with Crippen LogP contribution in [0.4, 0.5) is 4.79 Å². The molecule has 0 heterocycles. The first kappa shape index (κ1) is 16.7. The third kappa shape index (κ3) is 10.6. The molecule has 102 valence electrons. The van der Waals surface area contributed by atoms with Gasteiger partial charge in [0.15, 0.2) is 0 Å². The summed E-state index contributed by atoms with van der Waals surface area (Å²) in [5, 5.41) is 0. The normalized spacial score (nSPS) is 12.4. The molecule has 0 spiro atoms. The van der Waals surface area contributed by atoms with E-state index in [2.05, 4.69) is 32.7 Å². The predicted molar refractivity (Wildman–Crippen MR) is 78.0 cm³/mol. The first-order valence-corrected chi connectivity index (χ1v) is 13.6. The minimum atomic E-state index is -1.40. The molecule has 0 radical (unpaired) electrons. The number of carbonyl (C=O) groups excluding carboxylic acids is 1. The van der Waals surface area contributed by atoms with Gasteiger partial charge in [-0.05, 0) is 6.92 Å². The van der Waals surface area contributed by atoms with E-state index in [4.69, 9.17) is 9.47 Å². The topological polar surface area (TPSA) is 35.5 Å². The van der Waals surface area contributed by atoms with E-state index >= 15 is 0 Å². The lowest BCUT2D eigenvalue weighted by atomic mass is 10.6. The largest absolute Gasteiger partial charge is 0.507 e. The van der Waals surface area contributed by atoms with E-state index in [-0.39, 0.29) is 0 Å². The van der Waals surface area contributed by atoms with Crippen LogP contribution in [0.3, 0.4) is 0 Å². The Balaban J connectivity index is 3.83. The molecule has 0 saturated carbocycles. The summed E-state index contributed by atoms with van der Waals surface area (Å²) in [5.41, 5.74) is 0. The maximum absolute atomic E-state index is 11.1. The molecule has 0 aromatic rings. The Morgan fingerprint density at radius 2 is 1.59 bits per heavy atom. The van der Waals surface area contributed by atoms with Gasteiger partial charge in [0.2, 0.25) is 0 Å². The third-order valence-electron chi connectivity index (χ3n) is 2.62. The summed E-state index contributed by atoms with van der Waals surface area (Å²) in [7, 11) is -2.32. The number of ether oxygens (including phenoxy) is 2. The van der Waals surface area contributed by atoms with Crippen molar-refractivity contribution >= 4 is 22.3 Å². The average Bonchev–Trinajstić information content (AvgIpc) is 2.13. The van der Waals surface area contributed by atoms with Crippen molar-refractivity contribution in [2.45, 2.75) is 58.2 Å². The van der Waals surface area contributed by atoms with Crippen LogP contribution in [0.2, 0.25) is 44.8 Å². The molecule has 0 aliphatic heterocycles. The van der Waals surface area contributed by atoms with Crippen molar-refractivity contribution in [1.82, 2.24) is 0 Å². The minimum absolute atomic E-state index is 0.385. The molecular weight excluding hydrogens is 248 g/mol. The fourth-order valence-electron chi connectivity index (χ4n) is 1.58. The molecule has 0 atom stereocenters. The zero-order valence-electron chi connectivity index (χ0n) is 12.3. The second-order valence-electron chi connectivity index (χ2n) is 6.55. The summed E-state index contributed by atoms with van der Waals surface area (Å²) < 4.78 is 9.91. The molecule has 0 rings (SSSR count). The van der Waals surface area contributed by atoms with Gasteiger partial charge in [-0.15, -0.1) is 0 Å². The van der Waals surface area contributed by atoms with Gasteiger partial charge in [0.1, 0.15) is 0 Å². The van der Waals surface area contributed by atoms with Crippen LogP contribution in [0.25, 0.3) is 0 Å². The Hall–Kier alpha value is -0.296. The van der Waals surface area contributed by atoms with Crippen molar-refractivity contribution in [2.24, 2.45) is 0 Å². The van der Waals surface area contributed by atoms with E-state index in [1.165, 1.54) is 18.5 Å². The standard InChI is InChI=1S/C12H28O3Si2/c1-7-14-12(13)15-11-17(5,6)10-8-9-16(2,3)4/h7-11H2,1-6H3. The lowest BCUT2D eigenvalue weighted by Gasteiger charge is -2.23. The zero-order valence-corrected chi connectivity index (χ0v) is 14.3. The van der Waals surface area contributed by atoms with Crippen LogP contribution < -0.4 is 0 Å². The lowest BCUT2D eigenvalue weighted by molar-refractivity contribution is 0.0701. The minimum Gasteiger partial charge on any atom is -0.438 e. The third-order valence-corrected chi connectivity index (χ3v) is 7.11. The zero-order chi connectivity index (χ0) is 13.5. The molecule has 0 amide bonds. The molecule has 0 unspecified atom stereocenters. The highest BCUT2D eigenvalue weighted by Gasteiger charge is 2.24. The molecule has 17 heavy (non-hydrogen) atoms. The number of rotatable bonds is 7. The van der Waals surface area contributed by atoms with Crippen LogP contribution >= 0.6 is 0 Å². The van der Waals surface area contributed by atoms with Crippen molar-refractivity contribution in [2.75, 3.05) is 12.8 Å². The first-order chi connectivity index (χ1) is 7.66. The predicted octanol–water partition coefficient (Wildman–Crippen LogP) is 4.14. The van der Waals surface area contributed by atoms with Crippen LogP contribution in [0.15, 0.2) is 0 Å². The van der Waals surface area contributed by atoms with Crippen LogP contribution in [0, 0.1) is 0 Å². The van der Waals surface area contributed by atoms with Gasteiger partial charge < -0.3 is 9.47 Å². The summed E-state index contributed by atoms with van der Waals surface area (Å²) in [6.07, 6.45) is 1.34. The molecule has 0 aromatic carbocycles. The Kier molecular flexibility index (Phi) is 7.08. The summed E-state index contributed by atoms with van der Waals surface area (Å²) in [6, 6.07) is 2.60. The van der Waals surface area contributed by atoms with Gasteiger partial charge >= 0.3 is 6.16 Å². The quantitative estimate of drug-likeness (QED) is 0.518. The van der Waals surface area contributed by atoms with E-state index in [0.717, 1.165) is 0 Å². The lowest BCUT2D eigenvalue weighted by Crippen LogP contribution is -2.34. The molecule has 0 aliphatic carbocycles. The summed E-state index contributed by atoms with van der Waals surface area (Å²) in [4.78, 5) is 11.1. The number of carbonyl (C=O) groups is 1. The van der Waals surface area contributed by atoms with Crippen LogP contribution in [0.1, 0.15) is 13.3 Å². The Morgan fingerprint density at radius 1 is 1.00 bits per heavy atom. The highest BCUT2D eigenvalue weighted by molar-refractivity contribution is 6.78. The molecule has 5 heteroatoms. The van der Waals surface area contributed by atoms with Crippen molar-refractivity contribution < 1.29 is 14.3 Å². The van der Waals surface area contributed by atoms with Gasteiger partial charge in [0.25, 0.3) is 0 Å². The molecule has 0 bridgehead atoms. The molecular formula is C12H28O3Si2. The average molecular weight is 277 g/mol. The van der Waals surface area contributed by atoms with E-state index in [1.54, 1.807) is 6.92 Å². The highest BCUT2D eigenvalue weighted by atomic mass is 28.3. The van der Waals surface area contributed by atoms with Crippen LogP contribution in [-0.2, 0) is 9.47 Å². The molecule has 0 fully saturated rings. The van der Waals surface area contributed by atoms with E-state index in [9.17, 15) is 4.79 Å².